The molecule has 1 rings (SSSR count). The number of amides is 1. The summed E-state index contributed by atoms with van der Waals surface area (Å²) in [7, 11) is 0. The second kappa shape index (κ2) is 7.24. The lowest BCUT2D eigenvalue weighted by atomic mass is 10.1. The summed E-state index contributed by atoms with van der Waals surface area (Å²) in [6.45, 7) is 1.95. The van der Waals surface area contributed by atoms with Crippen LogP contribution in [0.5, 0.6) is 0 Å². The Morgan fingerprint density at radius 1 is 1.39 bits per heavy atom. The Labute approximate surface area is 115 Å². The van der Waals surface area contributed by atoms with Gasteiger partial charge in [0.2, 0.25) is 5.91 Å². The minimum Gasteiger partial charge on any atom is -0.462 e. The molecule has 0 heterocycles. The van der Waals surface area contributed by atoms with Crippen LogP contribution in [0.3, 0.4) is 0 Å². The molecule has 0 aromatic heterocycles. The first-order valence-electron chi connectivity index (χ1n) is 5.41. The quantitative estimate of drug-likeness (QED) is 0.669. The van der Waals surface area contributed by atoms with Crippen molar-refractivity contribution in [1.82, 2.24) is 0 Å². The molecular weight excluding hydrogens is 277 g/mol. The zero-order chi connectivity index (χ0) is 13.5. The molecule has 0 saturated heterocycles. The van der Waals surface area contributed by atoms with Crippen LogP contribution >= 0.6 is 23.2 Å². The molecule has 0 aliphatic carbocycles. The SMILES string of the molecule is CCOC(=O)c1cc(Cl)ccc1NC(=O)CCCl. The largest absolute Gasteiger partial charge is 0.462 e. The highest BCUT2D eigenvalue weighted by Gasteiger charge is 2.14. The van der Waals surface area contributed by atoms with Crippen molar-refractivity contribution in [3.8, 4) is 0 Å². The van der Waals surface area contributed by atoms with Crippen molar-refractivity contribution in [2.45, 2.75) is 13.3 Å². The Morgan fingerprint density at radius 3 is 2.72 bits per heavy atom. The van der Waals surface area contributed by atoms with Gasteiger partial charge in [-0.2, -0.15) is 0 Å². The van der Waals surface area contributed by atoms with E-state index in [1.54, 1.807) is 19.1 Å². The normalized spacial score (nSPS) is 9.94. The molecular formula is C12H13Cl2NO3. The standard InChI is InChI=1S/C12H13Cl2NO3/c1-2-18-12(17)9-7-8(14)3-4-10(9)15-11(16)5-6-13/h3-4,7H,2,5-6H2,1H3,(H,15,16). The predicted molar refractivity (Wildman–Crippen MR) is 71.4 cm³/mol. The molecule has 0 saturated carbocycles. The summed E-state index contributed by atoms with van der Waals surface area (Å²) in [5, 5.41) is 2.99. The Morgan fingerprint density at radius 2 is 2.11 bits per heavy atom. The lowest BCUT2D eigenvalue weighted by Gasteiger charge is -2.10. The van der Waals surface area contributed by atoms with Gasteiger partial charge < -0.3 is 10.1 Å². The summed E-state index contributed by atoms with van der Waals surface area (Å²) in [6.07, 6.45) is 0.173. The van der Waals surface area contributed by atoms with Crippen LogP contribution in [-0.2, 0) is 9.53 Å². The van der Waals surface area contributed by atoms with E-state index >= 15 is 0 Å². The van der Waals surface area contributed by atoms with Crippen LogP contribution in [0.15, 0.2) is 18.2 Å². The number of alkyl halides is 1. The molecule has 0 aliphatic heterocycles. The number of nitrogens with one attached hydrogen (secondary N) is 1. The molecule has 6 heteroatoms. The molecule has 0 aliphatic rings. The second-order valence-corrected chi connectivity index (χ2v) is 4.21. The highest BCUT2D eigenvalue weighted by molar-refractivity contribution is 6.31. The minimum absolute atomic E-state index is 0.173. The maximum absolute atomic E-state index is 11.7. The van der Waals surface area contributed by atoms with Gasteiger partial charge in [-0.15, -0.1) is 11.6 Å². The van der Waals surface area contributed by atoms with E-state index < -0.39 is 5.97 Å². The summed E-state index contributed by atoms with van der Waals surface area (Å²) in [6, 6.07) is 4.59. The molecule has 0 atom stereocenters. The molecule has 0 bridgehead atoms. The van der Waals surface area contributed by atoms with Crippen LogP contribution in [-0.4, -0.2) is 24.4 Å². The number of benzene rings is 1. The van der Waals surface area contributed by atoms with Crippen LogP contribution in [0.4, 0.5) is 5.69 Å². The number of esters is 1. The van der Waals surface area contributed by atoms with E-state index in [2.05, 4.69) is 5.32 Å². The van der Waals surface area contributed by atoms with Crippen LogP contribution < -0.4 is 5.32 Å². The van der Waals surface area contributed by atoms with Crippen molar-refractivity contribution in [3.63, 3.8) is 0 Å². The number of carbonyl (C=O) groups excluding carboxylic acids is 2. The molecule has 0 spiro atoms. The molecule has 0 fully saturated rings. The van der Waals surface area contributed by atoms with Gasteiger partial charge in [0.1, 0.15) is 0 Å². The lowest BCUT2D eigenvalue weighted by molar-refractivity contribution is -0.115. The first kappa shape index (κ1) is 14.8. The smallest absolute Gasteiger partial charge is 0.340 e. The summed E-state index contributed by atoms with van der Waals surface area (Å²) in [5.74, 6) is -0.576. The van der Waals surface area contributed by atoms with Gasteiger partial charge in [-0.1, -0.05) is 11.6 Å². The van der Waals surface area contributed by atoms with Crippen molar-refractivity contribution in [2.24, 2.45) is 0 Å². The maximum atomic E-state index is 11.7. The van der Waals surface area contributed by atoms with Gasteiger partial charge in [0.25, 0.3) is 0 Å². The fourth-order valence-corrected chi connectivity index (χ4v) is 1.65. The fraction of sp³-hybridized carbons (Fsp3) is 0.333. The number of halogens is 2. The molecule has 98 valence electrons. The third-order valence-electron chi connectivity index (χ3n) is 2.07. The summed E-state index contributed by atoms with van der Waals surface area (Å²) >= 11 is 11.3. The summed E-state index contributed by atoms with van der Waals surface area (Å²) in [5.41, 5.74) is 0.597. The average molecular weight is 290 g/mol. The fourth-order valence-electron chi connectivity index (χ4n) is 1.30. The van der Waals surface area contributed by atoms with Crippen molar-refractivity contribution in [3.05, 3.63) is 28.8 Å². The molecule has 1 aromatic rings. The number of rotatable bonds is 5. The van der Waals surface area contributed by atoms with Crippen molar-refractivity contribution in [1.29, 1.82) is 0 Å². The third-order valence-corrected chi connectivity index (χ3v) is 2.50. The third kappa shape index (κ3) is 4.20. The van der Waals surface area contributed by atoms with E-state index in [9.17, 15) is 9.59 Å². The van der Waals surface area contributed by atoms with Gasteiger partial charge in [0.15, 0.2) is 0 Å². The maximum Gasteiger partial charge on any atom is 0.340 e. The average Bonchev–Trinajstić information content (AvgIpc) is 2.32. The van der Waals surface area contributed by atoms with E-state index in [1.165, 1.54) is 6.07 Å². The van der Waals surface area contributed by atoms with Gasteiger partial charge in [-0.3, -0.25) is 4.79 Å². The Kier molecular flexibility index (Phi) is 5.95. The van der Waals surface area contributed by atoms with Gasteiger partial charge in [0, 0.05) is 17.3 Å². The number of carbonyl (C=O) groups is 2. The number of anilines is 1. The second-order valence-electron chi connectivity index (χ2n) is 3.40. The molecule has 1 amide bonds. The van der Waals surface area contributed by atoms with Gasteiger partial charge in [0.05, 0.1) is 17.9 Å². The van der Waals surface area contributed by atoms with Crippen LogP contribution in [0.2, 0.25) is 5.02 Å². The topological polar surface area (TPSA) is 55.4 Å². The van der Waals surface area contributed by atoms with Crippen LogP contribution in [0, 0.1) is 0 Å². The molecule has 1 aromatic carbocycles. The molecule has 0 radical (unpaired) electrons. The number of hydrogen-bond acceptors (Lipinski definition) is 3. The summed E-state index contributed by atoms with van der Waals surface area (Å²) < 4.78 is 4.89. The van der Waals surface area contributed by atoms with Crippen molar-refractivity contribution >= 4 is 40.8 Å². The monoisotopic (exact) mass is 289 g/mol. The van der Waals surface area contributed by atoms with Crippen LogP contribution in [0.25, 0.3) is 0 Å². The van der Waals surface area contributed by atoms with E-state index in [1.807, 2.05) is 0 Å². The minimum atomic E-state index is -0.527. The molecule has 1 N–H and O–H groups in total. The molecule has 0 unspecified atom stereocenters. The highest BCUT2D eigenvalue weighted by Crippen LogP contribution is 2.22. The lowest BCUT2D eigenvalue weighted by Crippen LogP contribution is -2.15. The van der Waals surface area contributed by atoms with E-state index in [-0.39, 0.29) is 30.4 Å². The Hall–Kier alpha value is -1.26. The van der Waals surface area contributed by atoms with E-state index in [0.717, 1.165) is 0 Å². The predicted octanol–water partition coefficient (Wildman–Crippen LogP) is 3.08. The van der Waals surface area contributed by atoms with Gasteiger partial charge in [-0.05, 0) is 25.1 Å². The first-order valence-corrected chi connectivity index (χ1v) is 6.32. The Bertz CT molecular complexity index is 449. The zero-order valence-corrected chi connectivity index (χ0v) is 11.3. The van der Waals surface area contributed by atoms with Gasteiger partial charge >= 0.3 is 5.97 Å². The molecule has 4 nitrogen and oxygen atoms in total. The van der Waals surface area contributed by atoms with Gasteiger partial charge in [-0.25, -0.2) is 4.79 Å². The zero-order valence-electron chi connectivity index (χ0n) is 9.83. The van der Waals surface area contributed by atoms with Crippen molar-refractivity contribution in [2.75, 3.05) is 17.8 Å². The first-order chi connectivity index (χ1) is 8.58. The Balaban J connectivity index is 2.96. The highest BCUT2D eigenvalue weighted by atomic mass is 35.5. The van der Waals surface area contributed by atoms with E-state index in [4.69, 9.17) is 27.9 Å². The molecule has 18 heavy (non-hydrogen) atoms. The van der Waals surface area contributed by atoms with Crippen molar-refractivity contribution < 1.29 is 14.3 Å². The summed E-state index contributed by atoms with van der Waals surface area (Å²) in [4.78, 5) is 23.1. The van der Waals surface area contributed by atoms with E-state index in [0.29, 0.717) is 10.7 Å². The number of ether oxygens (including phenoxy) is 1. The number of hydrogen-bond donors (Lipinski definition) is 1. The van der Waals surface area contributed by atoms with Crippen LogP contribution in [0.1, 0.15) is 23.7 Å².